The second-order valence-electron chi connectivity index (χ2n) is 6.84. The van der Waals surface area contributed by atoms with Crippen LogP contribution in [0.4, 0.5) is 8.78 Å². The van der Waals surface area contributed by atoms with E-state index in [0.29, 0.717) is 22.5 Å². The first-order valence-corrected chi connectivity index (χ1v) is 9.15. The van der Waals surface area contributed by atoms with E-state index in [-0.39, 0.29) is 23.4 Å². The molecule has 0 aliphatic carbocycles. The lowest BCUT2D eigenvalue weighted by Crippen LogP contribution is -2.16. The average Bonchev–Trinajstić information content (AvgIpc) is 3.00. The van der Waals surface area contributed by atoms with Crippen LogP contribution < -0.4 is 5.56 Å². The highest BCUT2D eigenvalue weighted by Crippen LogP contribution is 2.22. The Kier molecular flexibility index (Phi) is 4.91. The molecular weight excluding hydrogens is 392 g/mol. The van der Waals surface area contributed by atoms with Crippen LogP contribution in [0.15, 0.2) is 53.3 Å². The van der Waals surface area contributed by atoms with E-state index in [0.717, 1.165) is 17.5 Å². The van der Waals surface area contributed by atoms with E-state index in [2.05, 4.69) is 10.1 Å². The number of aromatic amines is 1. The van der Waals surface area contributed by atoms with E-state index in [1.807, 2.05) is 18.2 Å². The molecule has 0 saturated heterocycles. The summed E-state index contributed by atoms with van der Waals surface area (Å²) in [6, 6.07) is 12.0. The Morgan fingerprint density at radius 3 is 2.67 bits per heavy atom. The highest BCUT2D eigenvalue weighted by Gasteiger charge is 2.22. The van der Waals surface area contributed by atoms with Crippen molar-refractivity contribution in [2.45, 2.75) is 20.5 Å². The Morgan fingerprint density at radius 2 is 1.90 bits per heavy atom. The van der Waals surface area contributed by atoms with Gasteiger partial charge in [0.2, 0.25) is 0 Å². The lowest BCUT2D eigenvalue weighted by Gasteiger charge is -2.08. The molecule has 0 amide bonds. The van der Waals surface area contributed by atoms with Gasteiger partial charge >= 0.3 is 5.97 Å². The van der Waals surface area contributed by atoms with Crippen LogP contribution in [-0.4, -0.2) is 20.7 Å². The molecule has 2 aromatic heterocycles. The first-order chi connectivity index (χ1) is 14.3. The third-order valence-electron chi connectivity index (χ3n) is 4.82. The molecule has 2 heterocycles. The molecule has 0 aliphatic heterocycles. The van der Waals surface area contributed by atoms with Gasteiger partial charge < -0.3 is 9.72 Å². The summed E-state index contributed by atoms with van der Waals surface area (Å²) in [5, 5.41) is 5.01. The molecule has 4 rings (SSSR count). The SMILES string of the molecule is Cc1nn(-c2ccc(F)cc2F)c(C)c1C(=O)OCc1cc2ccccc2[nH]c1=O. The van der Waals surface area contributed by atoms with Crippen molar-refractivity contribution in [3.63, 3.8) is 0 Å². The molecule has 4 aromatic rings. The Hall–Kier alpha value is -3.81. The number of rotatable bonds is 4. The Labute approximate surface area is 169 Å². The molecule has 0 atom stereocenters. The molecule has 1 N–H and O–H groups in total. The molecule has 0 bridgehead atoms. The zero-order chi connectivity index (χ0) is 21.4. The van der Waals surface area contributed by atoms with Crippen LogP contribution in [0.25, 0.3) is 16.6 Å². The molecule has 0 radical (unpaired) electrons. The van der Waals surface area contributed by atoms with Crippen molar-refractivity contribution in [2.75, 3.05) is 0 Å². The van der Waals surface area contributed by atoms with Crippen LogP contribution in [0.2, 0.25) is 0 Å². The molecule has 152 valence electrons. The Bertz CT molecular complexity index is 1340. The van der Waals surface area contributed by atoms with E-state index in [1.165, 1.54) is 10.7 Å². The van der Waals surface area contributed by atoms with Gasteiger partial charge in [-0.1, -0.05) is 18.2 Å². The highest BCUT2D eigenvalue weighted by molar-refractivity contribution is 5.92. The first-order valence-electron chi connectivity index (χ1n) is 9.15. The standard InChI is InChI=1S/C22H17F2N3O3/c1-12-20(13(2)27(26-12)19-8-7-16(23)10-17(19)24)22(29)30-11-15-9-14-5-3-4-6-18(14)25-21(15)28/h3-10H,11H2,1-2H3,(H,25,28). The lowest BCUT2D eigenvalue weighted by atomic mass is 10.1. The number of halogens is 2. The number of hydrogen-bond donors (Lipinski definition) is 1. The van der Waals surface area contributed by atoms with Gasteiger partial charge in [-0.2, -0.15) is 5.10 Å². The topological polar surface area (TPSA) is 77.0 Å². The van der Waals surface area contributed by atoms with Crippen LogP contribution in [-0.2, 0) is 11.3 Å². The number of hydrogen-bond acceptors (Lipinski definition) is 4. The molecule has 0 fully saturated rings. The van der Waals surface area contributed by atoms with Crippen molar-refractivity contribution in [3.05, 3.63) is 93.0 Å². The number of carbonyl (C=O) groups excluding carboxylic acids is 1. The van der Waals surface area contributed by atoms with Crippen molar-refractivity contribution >= 4 is 16.9 Å². The minimum atomic E-state index is -0.803. The largest absolute Gasteiger partial charge is 0.457 e. The number of nitrogens with one attached hydrogen (secondary N) is 1. The lowest BCUT2D eigenvalue weighted by molar-refractivity contribution is 0.0469. The smallest absolute Gasteiger partial charge is 0.342 e. The number of nitrogens with zero attached hydrogens (tertiary/aromatic N) is 2. The third kappa shape index (κ3) is 3.47. The predicted octanol–water partition coefficient (Wildman–Crippen LogP) is 3.97. The average molecular weight is 409 g/mol. The zero-order valence-electron chi connectivity index (χ0n) is 16.2. The molecular formula is C22H17F2N3O3. The normalized spacial score (nSPS) is 11.1. The van der Waals surface area contributed by atoms with E-state index in [4.69, 9.17) is 4.74 Å². The van der Waals surface area contributed by atoms with Gasteiger partial charge in [-0.15, -0.1) is 0 Å². The van der Waals surface area contributed by atoms with Crippen molar-refractivity contribution < 1.29 is 18.3 Å². The van der Waals surface area contributed by atoms with Gasteiger partial charge in [0.05, 0.1) is 17.0 Å². The maximum Gasteiger partial charge on any atom is 0.342 e. The summed E-state index contributed by atoms with van der Waals surface area (Å²) in [6.07, 6.45) is 0. The predicted molar refractivity (Wildman–Crippen MR) is 107 cm³/mol. The third-order valence-corrected chi connectivity index (χ3v) is 4.82. The zero-order valence-corrected chi connectivity index (χ0v) is 16.2. The molecule has 6 nitrogen and oxygen atoms in total. The van der Waals surface area contributed by atoms with Crippen LogP contribution in [0.1, 0.15) is 27.3 Å². The maximum atomic E-state index is 14.1. The van der Waals surface area contributed by atoms with E-state index in [9.17, 15) is 18.4 Å². The van der Waals surface area contributed by atoms with E-state index < -0.39 is 17.6 Å². The van der Waals surface area contributed by atoms with Gasteiger partial charge in [0.15, 0.2) is 5.82 Å². The molecule has 0 saturated carbocycles. The van der Waals surface area contributed by atoms with Crippen molar-refractivity contribution in [2.24, 2.45) is 0 Å². The Balaban J connectivity index is 1.61. The van der Waals surface area contributed by atoms with Crippen LogP contribution in [0.3, 0.4) is 0 Å². The first kappa shape index (κ1) is 19.5. The minimum Gasteiger partial charge on any atom is -0.457 e. The molecule has 0 unspecified atom stereocenters. The van der Waals surface area contributed by atoms with Gasteiger partial charge in [-0.25, -0.2) is 18.3 Å². The summed E-state index contributed by atoms with van der Waals surface area (Å²) in [5.74, 6) is -2.20. The summed E-state index contributed by atoms with van der Waals surface area (Å²) in [6.45, 7) is 2.94. The van der Waals surface area contributed by atoms with E-state index >= 15 is 0 Å². The number of ether oxygens (including phenoxy) is 1. The van der Waals surface area contributed by atoms with Crippen molar-refractivity contribution in [3.8, 4) is 5.69 Å². The fourth-order valence-electron chi connectivity index (χ4n) is 3.34. The van der Waals surface area contributed by atoms with Crippen LogP contribution in [0.5, 0.6) is 0 Å². The van der Waals surface area contributed by atoms with Gasteiger partial charge in [0.1, 0.15) is 23.7 Å². The van der Waals surface area contributed by atoms with Crippen LogP contribution in [0, 0.1) is 25.5 Å². The second kappa shape index (κ2) is 7.55. The monoisotopic (exact) mass is 409 g/mol. The number of benzene rings is 2. The molecule has 2 aromatic carbocycles. The number of H-pyrrole nitrogens is 1. The number of para-hydroxylation sites is 1. The van der Waals surface area contributed by atoms with Gasteiger partial charge in [-0.05, 0) is 43.5 Å². The quantitative estimate of drug-likeness (QED) is 0.518. The fourth-order valence-corrected chi connectivity index (χ4v) is 3.34. The number of fused-ring (bicyclic) bond motifs is 1. The summed E-state index contributed by atoms with van der Waals surface area (Å²) in [7, 11) is 0. The summed E-state index contributed by atoms with van der Waals surface area (Å²) in [5.41, 5.74) is 1.49. The highest BCUT2D eigenvalue weighted by atomic mass is 19.1. The molecule has 30 heavy (non-hydrogen) atoms. The molecule has 0 aliphatic rings. The molecule has 0 spiro atoms. The number of pyridine rings is 1. The van der Waals surface area contributed by atoms with Gasteiger partial charge in [0, 0.05) is 11.6 Å². The number of aromatic nitrogens is 3. The number of carbonyl (C=O) groups is 1. The summed E-state index contributed by atoms with van der Waals surface area (Å²) >= 11 is 0. The Morgan fingerprint density at radius 1 is 1.13 bits per heavy atom. The number of aryl methyl sites for hydroxylation is 1. The van der Waals surface area contributed by atoms with Crippen LogP contribution >= 0.6 is 0 Å². The van der Waals surface area contributed by atoms with E-state index in [1.54, 1.807) is 26.0 Å². The number of esters is 1. The second-order valence-corrected chi connectivity index (χ2v) is 6.84. The minimum absolute atomic E-state index is 0.0158. The summed E-state index contributed by atoms with van der Waals surface area (Å²) in [4.78, 5) is 27.7. The van der Waals surface area contributed by atoms with Gasteiger partial charge in [0.25, 0.3) is 5.56 Å². The van der Waals surface area contributed by atoms with Crippen molar-refractivity contribution in [1.82, 2.24) is 14.8 Å². The van der Waals surface area contributed by atoms with Crippen molar-refractivity contribution in [1.29, 1.82) is 0 Å². The maximum absolute atomic E-state index is 14.1. The summed E-state index contributed by atoms with van der Waals surface area (Å²) < 4.78 is 33.9. The fraction of sp³-hybridized carbons (Fsp3) is 0.136. The van der Waals surface area contributed by atoms with Gasteiger partial charge in [-0.3, -0.25) is 4.79 Å². The molecule has 8 heteroatoms.